The number of hydrogen-bond acceptors (Lipinski definition) is 9. The quantitative estimate of drug-likeness (QED) is 0.186. The van der Waals surface area contributed by atoms with E-state index in [0.717, 1.165) is 17.7 Å². The summed E-state index contributed by atoms with van der Waals surface area (Å²) in [5.41, 5.74) is 4.47. The van der Waals surface area contributed by atoms with Crippen LogP contribution in [0.5, 0.6) is 5.75 Å². The molecule has 1 saturated heterocycles. The van der Waals surface area contributed by atoms with E-state index < -0.39 is 36.1 Å². The van der Waals surface area contributed by atoms with Crippen molar-refractivity contribution < 1.29 is 34.2 Å². The summed E-state index contributed by atoms with van der Waals surface area (Å²) in [6, 6.07) is 19.2. The van der Waals surface area contributed by atoms with Crippen molar-refractivity contribution in [2.24, 2.45) is 29.1 Å². The zero-order chi connectivity index (χ0) is 41.3. The molecule has 3 saturated carbocycles. The molecule has 57 heavy (non-hydrogen) atoms. The molecule has 3 aliphatic carbocycles. The minimum atomic E-state index is -0.925. The third kappa shape index (κ3) is 8.55. The van der Waals surface area contributed by atoms with E-state index in [1.165, 1.54) is 11.3 Å². The molecule has 1 aliphatic heterocycles. The smallest absolute Gasteiger partial charge is 0.252 e. The maximum atomic E-state index is 14.3. The summed E-state index contributed by atoms with van der Waals surface area (Å²) in [5.74, 6) is 0.432. The van der Waals surface area contributed by atoms with Gasteiger partial charge in [-0.25, -0.2) is 0 Å². The molecule has 4 aliphatic rings. The molecule has 3 aromatic rings. The number of amides is 3. The van der Waals surface area contributed by atoms with Crippen LogP contribution in [0.15, 0.2) is 66.7 Å². The minimum Gasteiger partial charge on any atom is -0.496 e. The molecule has 9 atom stereocenters. The highest BCUT2D eigenvalue weighted by molar-refractivity contribution is 5.99. The van der Waals surface area contributed by atoms with E-state index in [4.69, 9.17) is 9.57 Å². The Bertz CT molecular complexity index is 1920. The summed E-state index contributed by atoms with van der Waals surface area (Å²) in [6.07, 6.45) is 0.726. The number of benzene rings is 3. The van der Waals surface area contributed by atoms with Crippen LogP contribution in [0.25, 0.3) is 11.1 Å². The number of hydrogen-bond donors (Lipinski definition) is 4. The number of aliphatic hydroxyl groups excluding tert-OH is 2. The molecular weight excluding hydrogens is 723 g/mol. The number of likely N-dealkylation sites (N-methyl/N-ethyl adjacent to an activating group) is 1. The Morgan fingerprint density at radius 2 is 1.74 bits per heavy atom. The van der Waals surface area contributed by atoms with Crippen LogP contribution in [-0.4, -0.2) is 110 Å². The molecule has 3 amide bonds. The zero-order valence-electron chi connectivity index (χ0n) is 34.9. The molecule has 12 heteroatoms. The summed E-state index contributed by atoms with van der Waals surface area (Å²) in [4.78, 5) is 51.3. The number of nitrogens with one attached hydrogen (secondary N) is 2. The van der Waals surface area contributed by atoms with Gasteiger partial charge in [0.25, 0.3) is 5.91 Å². The molecule has 0 unspecified atom stereocenters. The second-order valence-corrected chi connectivity index (χ2v) is 17.3. The first-order valence-electron chi connectivity index (χ1n) is 20.1. The van der Waals surface area contributed by atoms with Gasteiger partial charge in [0.2, 0.25) is 11.8 Å². The molecule has 4 fully saturated rings. The lowest BCUT2D eigenvalue weighted by molar-refractivity contribution is -0.183. The fraction of sp³-hybridized carbons (Fsp3) is 0.533. The normalized spacial score (nSPS) is 26.1. The van der Waals surface area contributed by atoms with E-state index in [9.17, 15) is 24.6 Å². The van der Waals surface area contributed by atoms with Crippen LogP contribution >= 0.6 is 0 Å². The van der Waals surface area contributed by atoms with E-state index in [1.54, 1.807) is 45.3 Å². The predicted molar refractivity (Wildman–Crippen MR) is 220 cm³/mol. The number of para-hydroxylation sites is 1. The van der Waals surface area contributed by atoms with Gasteiger partial charge < -0.3 is 35.4 Å². The van der Waals surface area contributed by atoms with Crippen LogP contribution in [-0.2, 0) is 27.4 Å². The number of aliphatic hydroxyl groups is 2. The molecular formula is C45H61N5O7. The number of fused-ring (bicyclic) bond motifs is 2. The number of hydroxylamine groups is 2. The molecule has 1 heterocycles. The van der Waals surface area contributed by atoms with Gasteiger partial charge in [-0.2, -0.15) is 5.06 Å². The summed E-state index contributed by atoms with van der Waals surface area (Å²) in [5, 5.41) is 29.3. The number of anilines is 1. The van der Waals surface area contributed by atoms with Crippen molar-refractivity contribution in [2.75, 3.05) is 46.8 Å². The number of rotatable bonds is 14. The average molecular weight is 784 g/mol. The molecule has 0 spiro atoms. The highest BCUT2D eigenvalue weighted by atomic mass is 16.7. The standard InChI is InChI=1S/C45H61N5O7/c1-26-35-22-32(45(35,3)4)23-36(26)46-43(54)40-39(27(2)52)38(25-51)57-50(40)24-29-16-13-17-34(41(29)56-9)30-19-31(21-33(20-30)48(5)6)42(53)47-37(44(55)49(7)8)18-28-14-11-10-12-15-28/h10-17,19-21,26-27,32,35-40,51-52H,18,22-25H2,1-9H3,(H,46,54)(H,47,53)/t26-,27-,32+,35-,36-,37+,38-,39-,40-/m0/s1. The first-order chi connectivity index (χ1) is 27.0. The van der Waals surface area contributed by atoms with Crippen LogP contribution in [0.3, 0.4) is 0 Å². The third-order valence-corrected chi connectivity index (χ3v) is 13.0. The summed E-state index contributed by atoms with van der Waals surface area (Å²) < 4.78 is 6.08. The number of carbonyl (C=O) groups excluding carboxylic acids is 3. The molecule has 308 valence electrons. The second kappa shape index (κ2) is 17.2. The van der Waals surface area contributed by atoms with Gasteiger partial charge in [-0.3, -0.25) is 19.2 Å². The fourth-order valence-corrected chi connectivity index (χ4v) is 9.59. The van der Waals surface area contributed by atoms with E-state index in [-0.39, 0.29) is 36.4 Å². The van der Waals surface area contributed by atoms with Crippen LogP contribution in [0.1, 0.15) is 62.0 Å². The van der Waals surface area contributed by atoms with E-state index in [1.807, 2.05) is 73.6 Å². The predicted octanol–water partition coefficient (Wildman–Crippen LogP) is 4.52. The highest BCUT2D eigenvalue weighted by Crippen LogP contribution is 2.61. The van der Waals surface area contributed by atoms with E-state index in [2.05, 4.69) is 31.4 Å². The largest absolute Gasteiger partial charge is 0.496 e. The summed E-state index contributed by atoms with van der Waals surface area (Å²) in [7, 11) is 8.71. The van der Waals surface area contributed by atoms with Crippen molar-refractivity contribution in [3.8, 4) is 16.9 Å². The lowest BCUT2D eigenvalue weighted by atomic mass is 9.45. The van der Waals surface area contributed by atoms with Crippen molar-refractivity contribution in [1.82, 2.24) is 20.6 Å². The second-order valence-electron chi connectivity index (χ2n) is 17.3. The number of carbonyl (C=O) groups is 3. The van der Waals surface area contributed by atoms with Gasteiger partial charge in [0, 0.05) is 68.9 Å². The maximum absolute atomic E-state index is 14.3. The highest BCUT2D eigenvalue weighted by Gasteiger charge is 2.57. The van der Waals surface area contributed by atoms with Crippen molar-refractivity contribution in [1.29, 1.82) is 0 Å². The van der Waals surface area contributed by atoms with Crippen LogP contribution in [0, 0.1) is 29.1 Å². The van der Waals surface area contributed by atoms with Gasteiger partial charge in [0.15, 0.2) is 0 Å². The van der Waals surface area contributed by atoms with Gasteiger partial charge in [0.1, 0.15) is 23.9 Å². The van der Waals surface area contributed by atoms with Gasteiger partial charge >= 0.3 is 0 Å². The van der Waals surface area contributed by atoms with Crippen molar-refractivity contribution in [3.63, 3.8) is 0 Å². The summed E-state index contributed by atoms with van der Waals surface area (Å²) >= 11 is 0. The van der Waals surface area contributed by atoms with Gasteiger partial charge in [-0.05, 0) is 72.3 Å². The molecule has 12 nitrogen and oxygen atoms in total. The fourth-order valence-electron chi connectivity index (χ4n) is 9.59. The molecule has 2 bridgehead atoms. The Morgan fingerprint density at radius 1 is 1.02 bits per heavy atom. The molecule has 3 aromatic carbocycles. The Kier molecular flexibility index (Phi) is 12.7. The minimum absolute atomic E-state index is 0.0156. The SMILES string of the molecule is COc1c(CN2O[C@@H](CO)[C@H]([C@H](C)O)[C@H]2C(=O)N[C@H]2C[C@H]3C[C@@H]([C@@H]2C)C3(C)C)cccc1-c1cc(C(=O)N[C@H](Cc2ccccc2)C(=O)N(C)C)cc(N(C)C)c1. The van der Waals surface area contributed by atoms with Crippen LogP contribution in [0.2, 0.25) is 0 Å². The zero-order valence-corrected chi connectivity index (χ0v) is 34.9. The lowest BCUT2D eigenvalue weighted by Crippen LogP contribution is -2.62. The van der Waals surface area contributed by atoms with E-state index in [0.29, 0.717) is 52.2 Å². The monoisotopic (exact) mass is 783 g/mol. The lowest BCUT2D eigenvalue weighted by Gasteiger charge is -2.62. The van der Waals surface area contributed by atoms with Crippen molar-refractivity contribution in [2.45, 2.75) is 83.8 Å². The first-order valence-corrected chi connectivity index (χ1v) is 20.1. The average Bonchev–Trinajstić information content (AvgIpc) is 3.56. The van der Waals surface area contributed by atoms with Crippen LogP contribution in [0.4, 0.5) is 5.69 Å². The van der Waals surface area contributed by atoms with Gasteiger partial charge in [0.05, 0.1) is 26.4 Å². The summed E-state index contributed by atoms with van der Waals surface area (Å²) in [6.45, 7) is 8.28. The Hall–Kier alpha value is -4.49. The van der Waals surface area contributed by atoms with Crippen molar-refractivity contribution in [3.05, 3.63) is 83.4 Å². The topological polar surface area (TPSA) is 144 Å². The number of methoxy groups -OCH3 is 1. The van der Waals surface area contributed by atoms with Crippen LogP contribution < -0.4 is 20.3 Å². The van der Waals surface area contributed by atoms with Gasteiger partial charge in [-0.15, -0.1) is 0 Å². The Balaban J connectivity index is 1.29. The molecule has 7 rings (SSSR count). The maximum Gasteiger partial charge on any atom is 0.252 e. The molecule has 0 aromatic heterocycles. The van der Waals surface area contributed by atoms with E-state index >= 15 is 0 Å². The first kappa shape index (κ1) is 42.1. The van der Waals surface area contributed by atoms with Crippen molar-refractivity contribution >= 4 is 23.4 Å². The number of ether oxygens (including phenoxy) is 1. The third-order valence-electron chi connectivity index (χ3n) is 13.0. The number of nitrogens with zero attached hydrogens (tertiary/aromatic N) is 3. The Morgan fingerprint density at radius 3 is 2.33 bits per heavy atom. The molecule has 0 radical (unpaired) electrons. The van der Waals surface area contributed by atoms with Gasteiger partial charge in [-0.1, -0.05) is 69.3 Å². The Labute approximate surface area is 337 Å². The molecule has 4 N–H and O–H groups in total.